The maximum atomic E-state index is 14.9. The first-order valence-electron chi connectivity index (χ1n) is 8.81. The summed E-state index contributed by atoms with van der Waals surface area (Å²) in [6.07, 6.45) is 0.0644. The first-order valence-corrected chi connectivity index (χ1v) is 9.56. The van der Waals surface area contributed by atoms with Crippen LogP contribution in [-0.4, -0.2) is 19.3 Å². The molecule has 0 aromatic heterocycles. The molecule has 1 aliphatic heterocycles. The SMILES string of the molecule is Fc1ccc(OC[C@H]2CO2)c(OCc2ccccc2)c1-c1ccc(Cl)cc1Cl. The Morgan fingerprint density at radius 2 is 1.79 bits per heavy atom. The molecule has 3 aromatic rings. The predicted molar refractivity (Wildman–Crippen MR) is 108 cm³/mol. The molecule has 0 N–H and O–H groups in total. The van der Waals surface area contributed by atoms with Gasteiger partial charge in [0.2, 0.25) is 0 Å². The number of hydrogen-bond donors (Lipinski definition) is 0. The summed E-state index contributed by atoms with van der Waals surface area (Å²) >= 11 is 12.3. The molecule has 6 heteroatoms. The maximum Gasteiger partial charge on any atom is 0.172 e. The van der Waals surface area contributed by atoms with E-state index in [4.69, 9.17) is 37.4 Å². The molecule has 0 unspecified atom stereocenters. The van der Waals surface area contributed by atoms with Crippen LogP contribution in [0.5, 0.6) is 11.5 Å². The van der Waals surface area contributed by atoms with E-state index in [1.165, 1.54) is 6.07 Å². The summed E-state index contributed by atoms with van der Waals surface area (Å²) in [7, 11) is 0. The summed E-state index contributed by atoms with van der Waals surface area (Å²) in [5.41, 5.74) is 1.68. The molecule has 0 saturated carbocycles. The fraction of sp³-hybridized carbons (Fsp3) is 0.182. The van der Waals surface area contributed by atoms with Crippen LogP contribution in [0, 0.1) is 5.82 Å². The molecule has 1 fully saturated rings. The van der Waals surface area contributed by atoms with E-state index in [2.05, 4.69) is 0 Å². The third-order valence-corrected chi connectivity index (χ3v) is 4.87. The summed E-state index contributed by atoms with van der Waals surface area (Å²) in [6.45, 7) is 1.30. The molecule has 0 spiro atoms. The highest BCUT2D eigenvalue weighted by atomic mass is 35.5. The number of rotatable bonds is 7. The van der Waals surface area contributed by atoms with Gasteiger partial charge in [-0.25, -0.2) is 4.39 Å². The highest BCUT2D eigenvalue weighted by Crippen LogP contribution is 2.44. The molecule has 0 radical (unpaired) electrons. The molecular weight excluding hydrogens is 402 g/mol. The second-order valence-corrected chi connectivity index (χ2v) is 7.26. The first-order chi connectivity index (χ1) is 13.6. The summed E-state index contributed by atoms with van der Waals surface area (Å²) in [6, 6.07) is 17.5. The van der Waals surface area contributed by atoms with E-state index in [1.54, 1.807) is 24.3 Å². The molecular formula is C22H17Cl2FO3. The molecule has 1 atom stereocenters. The molecule has 0 amide bonds. The summed E-state index contributed by atoms with van der Waals surface area (Å²) < 4.78 is 32.0. The fourth-order valence-electron chi connectivity index (χ4n) is 2.82. The van der Waals surface area contributed by atoms with Gasteiger partial charge in [0, 0.05) is 10.6 Å². The van der Waals surface area contributed by atoms with Crippen LogP contribution in [0.15, 0.2) is 60.7 Å². The van der Waals surface area contributed by atoms with Gasteiger partial charge in [-0.15, -0.1) is 0 Å². The van der Waals surface area contributed by atoms with E-state index in [-0.39, 0.29) is 18.3 Å². The zero-order chi connectivity index (χ0) is 19.5. The number of benzene rings is 3. The zero-order valence-electron chi connectivity index (χ0n) is 14.8. The van der Waals surface area contributed by atoms with Crippen LogP contribution < -0.4 is 9.47 Å². The molecule has 4 rings (SSSR count). The minimum atomic E-state index is -0.456. The highest BCUT2D eigenvalue weighted by molar-refractivity contribution is 6.36. The summed E-state index contributed by atoms with van der Waals surface area (Å²) in [5.74, 6) is 0.282. The van der Waals surface area contributed by atoms with Crippen molar-refractivity contribution < 1.29 is 18.6 Å². The van der Waals surface area contributed by atoms with Crippen molar-refractivity contribution in [2.45, 2.75) is 12.7 Å². The third kappa shape index (κ3) is 4.41. The monoisotopic (exact) mass is 418 g/mol. The van der Waals surface area contributed by atoms with Crippen LogP contribution in [0.1, 0.15) is 5.56 Å². The second kappa shape index (κ2) is 8.39. The molecule has 0 bridgehead atoms. The zero-order valence-corrected chi connectivity index (χ0v) is 16.3. The largest absolute Gasteiger partial charge is 0.487 e. The van der Waals surface area contributed by atoms with Gasteiger partial charge in [-0.2, -0.15) is 0 Å². The van der Waals surface area contributed by atoms with Gasteiger partial charge in [0.1, 0.15) is 25.1 Å². The van der Waals surface area contributed by atoms with Gasteiger partial charge in [0.05, 0.1) is 17.2 Å². The van der Waals surface area contributed by atoms with E-state index < -0.39 is 5.82 Å². The maximum absolute atomic E-state index is 14.9. The molecule has 3 nitrogen and oxygen atoms in total. The predicted octanol–water partition coefficient (Wildman–Crippen LogP) is 6.16. The molecule has 3 aromatic carbocycles. The van der Waals surface area contributed by atoms with Crippen LogP contribution in [0.3, 0.4) is 0 Å². The Labute approximate surface area is 172 Å². The Kier molecular flexibility index (Phi) is 5.72. The van der Waals surface area contributed by atoms with Crippen molar-refractivity contribution in [3.05, 3.63) is 82.1 Å². The lowest BCUT2D eigenvalue weighted by Crippen LogP contribution is -2.07. The lowest BCUT2D eigenvalue weighted by molar-refractivity contribution is 0.238. The first kappa shape index (κ1) is 19.1. The van der Waals surface area contributed by atoms with Gasteiger partial charge >= 0.3 is 0 Å². The van der Waals surface area contributed by atoms with Gasteiger partial charge in [-0.3, -0.25) is 0 Å². The Balaban J connectivity index is 1.74. The summed E-state index contributed by atoms with van der Waals surface area (Å²) in [4.78, 5) is 0. The van der Waals surface area contributed by atoms with Crippen molar-refractivity contribution in [2.75, 3.05) is 13.2 Å². The van der Waals surface area contributed by atoms with Crippen LogP contribution in [0.2, 0.25) is 10.0 Å². The number of ether oxygens (including phenoxy) is 3. The Hall–Kier alpha value is -2.27. The van der Waals surface area contributed by atoms with Crippen molar-refractivity contribution in [3.63, 3.8) is 0 Å². The summed E-state index contributed by atoms with van der Waals surface area (Å²) in [5, 5.41) is 0.804. The fourth-order valence-corrected chi connectivity index (χ4v) is 3.32. The van der Waals surface area contributed by atoms with E-state index in [1.807, 2.05) is 30.3 Å². The Morgan fingerprint density at radius 3 is 2.50 bits per heavy atom. The van der Waals surface area contributed by atoms with Crippen molar-refractivity contribution >= 4 is 23.2 Å². The van der Waals surface area contributed by atoms with Gasteiger partial charge in [0.15, 0.2) is 11.5 Å². The molecule has 144 valence electrons. The standard InChI is InChI=1S/C22H17Cl2FO3/c23-15-6-7-17(18(24)10-15)21-19(25)8-9-20(27-13-16-12-26-16)22(21)28-11-14-4-2-1-3-5-14/h1-10,16H,11-13H2/t16-/m1/s1. The normalized spacial score (nSPS) is 15.3. The van der Waals surface area contributed by atoms with Crippen LogP contribution in [0.4, 0.5) is 4.39 Å². The van der Waals surface area contributed by atoms with Crippen molar-refractivity contribution in [3.8, 4) is 22.6 Å². The second-order valence-electron chi connectivity index (χ2n) is 6.41. The van der Waals surface area contributed by atoms with Crippen molar-refractivity contribution in [1.29, 1.82) is 0 Å². The topological polar surface area (TPSA) is 31.0 Å². The minimum absolute atomic E-state index is 0.0644. The third-order valence-electron chi connectivity index (χ3n) is 4.32. The van der Waals surface area contributed by atoms with Crippen LogP contribution >= 0.6 is 23.2 Å². The molecule has 1 heterocycles. The van der Waals surface area contributed by atoms with Gasteiger partial charge in [-0.05, 0) is 29.8 Å². The van der Waals surface area contributed by atoms with Crippen LogP contribution in [0.25, 0.3) is 11.1 Å². The van der Waals surface area contributed by atoms with E-state index in [9.17, 15) is 4.39 Å². The average molecular weight is 419 g/mol. The molecule has 0 aliphatic carbocycles. The number of epoxide rings is 1. The van der Waals surface area contributed by atoms with E-state index >= 15 is 0 Å². The molecule has 28 heavy (non-hydrogen) atoms. The highest BCUT2D eigenvalue weighted by Gasteiger charge is 2.26. The van der Waals surface area contributed by atoms with Gasteiger partial charge in [-0.1, -0.05) is 59.6 Å². The van der Waals surface area contributed by atoms with Gasteiger partial charge in [0.25, 0.3) is 0 Å². The van der Waals surface area contributed by atoms with E-state index in [0.29, 0.717) is 40.3 Å². The van der Waals surface area contributed by atoms with Crippen LogP contribution in [-0.2, 0) is 11.3 Å². The molecule has 1 saturated heterocycles. The Morgan fingerprint density at radius 1 is 1.00 bits per heavy atom. The lowest BCUT2D eigenvalue weighted by atomic mass is 10.0. The average Bonchev–Trinajstić information content (AvgIpc) is 3.51. The van der Waals surface area contributed by atoms with Crippen molar-refractivity contribution in [1.82, 2.24) is 0 Å². The quantitative estimate of drug-likeness (QED) is 0.430. The van der Waals surface area contributed by atoms with E-state index in [0.717, 1.165) is 5.56 Å². The molecule has 1 aliphatic rings. The minimum Gasteiger partial charge on any atom is -0.487 e. The lowest BCUT2D eigenvalue weighted by Gasteiger charge is -2.18. The van der Waals surface area contributed by atoms with Gasteiger partial charge < -0.3 is 14.2 Å². The number of halogens is 3. The smallest absolute Gasteiger partial charge is 0.172 e. The van der Waals surface area contributed by atoms with Crippen molar-refractivity contribution in [2.24, 2.45) is 0 Å². The number of hydrogen-bond acceptors (Lipinski definition) is 3. The Bertz CT molecular complexity index is 975.